The van der Waals surface area contributed by atoms with Gasteiger partial charge < -0.3 is 4.74 Å². The molecule has 0 aliphatic heterocycles. The fourth-order valence-electron chi connectivity index (χ4n) is 3.53. The second kappa shape index (κ2) is 8.14. The van der Waals surface area contributed by atoms with Gasteiger partial charge in [-0.3, -0.25) is 4.98 Å². The van der Waals surface area contributed by atoms with Crippen LogP contribution in [0.15, 0.2) is 23.5 Å². The fraction of sp³-hybridized carbons (Fsp3) is 0.588. The Morgan fingerprint density at radius 3 is 2.77 bits per heavy atom. The molecule has 1 aromatic rings. The molecular formula is C17H21N3OS. The van der Waals surface area contributed by atoms with Crippen molar-refractivity contribution in [2.75, 3.05) is 6.61 Å². The van der Waals surface area contributed by atoms with Crippen LogP contribution in [0.1, 0.15) is 44.6 Å². The van der Waals surface area contributed by atoms with Gasteiger partial charge >= 0.3 is 0 Å². The molecule has 0 amide bonds. The summed E-state index contributed by atoms with van der Waals surface area (Å²) in [6.45, 7) is 4.97. The third kappa shape index (κ3) is 3.98. The first-order valence-electron chi connectivity index (χ1n) is 7.67. The molecule has 1 aliphatic carbocycles. The van der Waals surface area contributed by atoms with E-state index in [9.17, 15) is 0 Å². The van der Waals surface area contributed by atoms with Gasteiger partial charge in [-0.05, 0) is 54.4 Å². The zero-order chi connectivity index (χ0) is 15.9. The standard InChI is InChI=1S/C17H21N3OS/c1-12-8-14(9-13(2)17(12)21-7-3-5-18)15-4-6-19-10-16(15)20-11-22/h4,6,10,12-14,17H,3,7-9H2,1-2H3/t12-,13+,14?,17?. The Bertz CT molecular complexity index is 580. The van der Waals surface area contributed by atoms with Crippen molar-refractivity contribution in [1.82, 2.24) is 4.98 Å². The van der Waals surface area contributed by atoms with Gasteiger partial charge in [0.15, 0.2) is 0 Å². The molecule has 1 heterocycles. The summed E-state index contributed by atoms with van der Waals surface area (Å²) in [5, 5.41) is 11.1. The Balaban J connectivity index is 2.11. The minimum atomic E-state index is 0.226. The molecular weight excluding hydrogens is 294 g/mol. The average molecular weight is 315 g/mol. The van der Waals surface area contributed by atoms with Crippen molar-refractivity contribution in [3.8, 4) is 6.07 Å². The summed E-state index contributed by atoms with van der Waals surface area (Å²) in [4.78, 5) is 8.27. The van der Waals surface area contributed by atoms with E-state index in [1.165, 1.54) is 5.56 Å². The van der Waals surface area contributed by atoms with Gasteiger partial charge in [-0.25, -0.2) is 0 Å². The summed E-state index contributed by atoms with van der Waals surface area (Å²) in [6, 6.07) is 4.17. The molecule has 1 saturated carbocycles. The minimum absolute atomic E-state index is 0.226. The molecule has 22 heavy (non-hydrogen) atoms. The molecule has 116 valence electrons. The monoisotopic (exact) mass is 315 g/mol. The van der Waals surface area contributed by atoms with Crippen molar-refractivity contribution in [2.24, 2.45) is 16.8 Å². The quantitative estimate of drug-likeness (QED) is 0.462. The highest BCUT2D eigenvalue weighted by atomic mass is 32.1. The topological polar surface area (TPSA) is 58.3 Å². The number of aromatic nitrogens is 1. The molecule has 2 unspecified atom stereocenters. The molecule has 0 saturated heterocycles. The van der Waals surface area contributed by atoms with Crippen molar-refractivity contribution in [3.63, 3.8) is 0 Å². The van der Waals surface area contributed by atoms with E-state index >= 15 is 0 Å². The zero-order valence-corrected chi connectivity index (χ0v) is 13.8. The predicted octanol–water partition coefficient (Wildman–Crippen LogP) is 4.26. The van der Waals surface area contributed by atoms with Crippen LogP contribution in [0.5, 0.6) is 0 Å². The van der Waals surface area contributed by atoms with Gasteiger partial charge in [0, 0.05) is 6.20 Å². The lowest BCUT2D eigenvalue weighted by Crippen LogP contribution is -2.36. The number of aliphatic imine (C=N–C) groups is 1. The van der Waals surface area contributed by atoms with Crippen molar-refractivity contribution in [1.29, 1.82) is 5.26 Å². The summed E-state index contributed by atoms with van der Waals surface area (Å²) in [5.41, 5.74) is 2.02. The molecule has 0 bridgehead atoms. The third-order valence-corrected chi connectivity index (χ3v) is 4.49. The molecule has 0 N–H and O–H groups in total. The number of rotatable bonds is 5. The van der Waals surface area contributed by atoms with E-state index in [1.54, 1.807) is 6.20 Å². The van der Waals surface area contributed by atoms with E-state index in [4.69, 9.17) is 22.2 Å². The maximum absolute atomic E-state index is 8.64. The zero-order valence-electron chi connectivity index (χ0n) is 13.0. The van der Waals surface area contributed by atoms with Crippen molar-refractivity contribution in [2.45, 2.75) is 45.1 Å². The molecule has 4 nitrogen and oxygen atoms in total. The fourth-order valence-corrected chi connectivity index (χ4v) is 3.63. The molecule has 0 aromatic carbocycles. The molecule has 1 aromatic heterocycles. The number of nitrogens with zero attached hydrogens (tertiary/aromatic N) is 3. The van der Waals surface area contributed by atoms with Crippen LogP contribution in [0.4, 0.5) is 5.69 Å². The van der Waals surface area contributed by atoms with E-state index in [-0.39, 0.29) is 6.10 Å². The molecule has 0 radical (unpaired) electrons. The SMILES string of the molecule is C[C@@H]1CC(c2ccncc2N=C=S)C[C@H](C)C1OCCC#N. The van der Waals surface area contributed by atoms with Gasteiger partial charge in [0.25, 0.3) is 0 Å². The summed E-state index contributed by atoms with van der Waals surface area (Å²) in [7, 11) is 0. The van der Waals surface area contributed by atoms with Crippen LogP contribution in [0.3, 0.4) is 0 Å². The number of ether oxygens (including phenoxy) is 1. The maximum atomic E-state index is 8.64. The first-order chi connectivity index (χ1) is 10.7. The van der Waals surface area contributed by atoms with Crippen molar-refractivity contribution < 1.29 is 4.74 Å². The van der Waals surface area contributed by atoms with Crippen LogP contribution in [0.25, 0.3) is 0 Å². The second-order valence-corrected chi connectivity index (χ2v) is 6.19. The summed E-state index contributed by atoms with van der Waals surface area (Å²) in [6.07, 6.45) is 6.33. The van der Waals surface area contributed by atoms with E-state index in [0.29, 0.717) is 30.8 Å². The molecule has 0 spiro atoms. The van der Waals surface area contributed by atoms with E-state index in [1.807, 2.05) is 12.3 Å². The highest BCUT2D eigenvalue weighted by Crippen LogP contribution is 2.43. The average Bonchev–Trinajstić information content (AvgIpc) is 2.51. The highest BCUT2D eigenvalue weighted by Gasteiger charge is 2.35. The number of thiocarbonyl (C=S) groups is 1. The van der Waals surface area contributed by atoms with Crippen LogP contribution in [0.2, 0.25) is 0 Å². The van der Waals surface area contributed by atoms with Gasteiger partial charge in [0.2, 0.25) is 0 Å². The van der Waals surface area contributed by atoms with E-state index < -0.39 is 0 Å². The lowest BCUT2D eigenvalue weighted by molar-refractivity contribution is -0.0402. The molecule has 2 rings (SSSR count). The number of isothiocyanates is 1. The van der Waals surface area contributed by atoms with E-state index in [2.05, 4.69) is 35.1 Å². The van der Waals surface area contributed by atoms with E-state index in [0.717, 1.165) is 18.5 Å². The van der Waals surface area contributed by atoms with Gasteiger partial charge in [-0.1, -0.05) is 13.8 Å². The van der Waals surface area contributed by atoms with Gasteiger partial charge in [-0.15, -0.1) is 0 Å². The number of nitriles is 1. The number of pyridine rings is 1. The minimum Gasteiger partial charge on any atom is -0.377 e. The Kier molecular flexibility index (Phi) is 6.21. The first-order valence-corrected chi connectivity index (χ1v) is 8.08. The number of hydrogen-bond acceptors (Lipinski definition) is 5. The van der Waals surface area contributed by atoms with Gasteiger partial charge in [0.1, 0.15) is 0 Å². The summed E-state index contributed by atoms with van der Waals surface area (Å²) in [5.74, 6) is 1.33. The van der Waals surface area contributed by atoms with Gasteiger partial charge in [-0.2, -0.15) is 10.3 Å². The second-order valence-electron chi connectivity index (χ2n) is 6.00. The normalized spacial score (nSPS) is 27.7. The van der Waals surface area contributed by atoms with Crippen molar-refractivity contribution >= 4 is 23.1 Å². The molecule has 1 aliphatic rings. The lowest BCUT2D eigenvalue weighted by Gasteiger charge is -2.39. The largest absolute Gasteiger partial charge is 0.377 e. The third-order valence-electron chi connectivity index (χ3n) is 4.40. The van der Waals surface area contributed by atoms with Gasteiger partial charge in [0.05, 0.1) is 42.2 Å². The first kappa shape index (κ1) is 16.8. The molecule has 1 fully saturated rings. The van der Waals surface area contributed by atoms with Crippen molar-refractivity contribution in [3.05, 3.63) is 24.0 Å². The van der Waals surface area contributed by atoms with Crippen LogP contribution in [-0.4, -0.2) is 22.9 Å². The maximum Gasteiger partial charge on any atom is 0.0957 e. The Morgan fingerprint density at radius 2 is 2.14 bits per heavy atom. The Hall–Kier alpha value is -1.60. The Morgan fingerprint density at radius 1 is 1.41 bits per heavy atom. The number of hydrogen-bond donors (Lipinski definition) is 0. The van der Waals surface area contributed by atoms with Crippen LogP contribution in [-0.2, 0) is 4.74 Å². The smallest absolute Gasteiger partial charge is 0.0957 e. The van der Waals surface area contributed by atoms with Crippen LogP contribution in [0, 0.1) is 23.2 Å². The molecule has 4 atom stereocenters. The van der Waals surface area contributed by atoms with Crippen LogP contribution >= 0.6 is 12.2 Å². The molecule has 5 heteroatoms. The Labute approximate surface area is 137 Å². The summed E-state index contributed by atoms with van der Waals surface area (Å²) < 4.78 is 5.92. The highest BCUT2D eigenvalue weighted by molar-refractivity contribution is 7.78. The predicted molar refractivity (Wildman–Crippen MR) is 89.2 cm³/mol. The summed E-state index contributed by atoms with van der Waals surface area (Å²) >= 11 is 4.73. The lowest BCUT2D eigenvalue weighted by atomic mass is 9.72. The van der Waals surface area contributed by atoms with Crippen LogP contribution < -0.4 is 0 Å².